The van der Waals surface area contributed by atoms with E-state index in [2.05, 4.69) is 9.97 Å². The summed E-state index contributed by atoms with van der Waals surface area (Å²) < 4.78 is 81.3. The number of aromatic nitrogens is 2. The number of rotatable bonds is 9. The van der Waals surface area contributed by atoms with Crippen LogP contribution in [0.25, 0.3) is 32.8 Å². The van der Waals surface area contributed by atoms with Crippen LogP contribution in [0.5, 0.6) is 17.6 Å². The molecule has 0 spiro atoms. The normalized spacial score (nSPS) is 16.4. The molecule has 0 amide bonds. The Labute approximate surface area is 233 Å². The second-order valence-electron chi connectivity index (χ2n) is 10.5. The van der Waals surface area contributed by atoms with Crippen LogP contribution in [0.4, 0.5) is 17.6 Å². The Morgan fingerprint density at radius 1 is 1.07 bits per heavy atom. The topological polar surface area (TPSA) is 62.7 Å². The fourth-order valence-corrected chi connectivity index (χ4v) is 4.57. The third-order valence-electron chi connectivity index (χ3n) is 6.28. The number of nitrogens with zero attached hydrogens (tertiary/aromatic N) is 2. The molecule has 0 saturated heterocycles. The number of hydrogen-bond acceptors (Lipinski definition) is 6. The fourth-order valence-electron chi connectivity index (χ4n) is 4.28. The zero-order valence-corrected chi connectivity index (χ0v) is 23.0. The summed E-state index contributed by atoms with van der Waals surface area (Å²) in [6.45, 7) is 7.00. The Hall–Kier alpha value is -3.37. The zero-order chi connectivity index (χ0) is 28.8. The van der Waals surface area contributed by atoms with Gasteiger partial charge in [-0.3, -0.25) is 0 Å². The van der Waals surface area contributed by atoms with Gasteiger partial charge in [0.05, 0.1) is 16.9 Å². The minimum Gasteiger partial charge on any atom is -0.471 e. The number of hydrogen-bond donors (Lipinski definition) is 0. The molecule has 40 heavy (non-hydrogen) atoms. The lowest BCUT2D eigenvalue weighted by molar-refractivity contribution is 0.0225. The molecular formula is C29H27ClF4N2O4. The lowest BCUT2D eigenvalue weighted by atomic mass is 9.95. The Balaban J connectivity index is 1.69. The maximum absolute atomic E-state index is 16.4. The van der Waals surface area contributed by atoms with Gasteiger partial charge in [-0.25, -0.2) is 17.6 Å². The van der Waals surface area contributed by atoms with E-state index in [1.807, 2.05) is 6.92 Å². The van der Waals surface area contributed by atoms with E-state index in [9.17, 15) is 8.78 Å². The van der Waals surface area contributed by atoms with Crippen LogP contribution in [-0.4, -0.2) is 41.5 Å². The number of alkyl halides is 2. The molecule has 3 aromatic carbocycles. The summed E-state index contributed by atoms with van der Waals surface area (Å²) in [7, 11) is 0. The first-order chi connectivity index (χ1) is 18.9. The Bertz CT molecular complexity index is 1590. The Morgan fingerprint density at radius 3 is 2.50 bits per heavy atom. The maximum atomic E-state index is 16.4. The molecule has 11 heteroatoms. The minimum atomic E-state index is -2.82. The summed E-state index contributed by atoms with van der Waals surface area (Å²) in [4.78, 5) is 8.29. The van der Waals surface area contributed by atoms with Gasteiger partial charge in [0.25, 0.3) is 5.92 Å². The molecule has 1 aliphatic rings. The molecule has 212 valence electrons. The maximum Gasteiger partial charge on any atom is 0.320 e. The average Bonchev–Trinajstić information content (AvgIpc) is 3.48. The molecule has 0 aliphatic heterocycles. The third kappa shape index (κ3) is 5.74. The van der Waals surface area contributed by atoms with Crippen molar-refractivity contribution in [2.75, 3.05) is 20.0 Å². The molecule has 0 unspecified atom stereocenters. The van der Waals surface area contributed by atoms with Gasteiger partial charge < -0.3 is 18.9 Å². The van der Waals surface area contributed by atoms with Gasteiger partial charge in [-0.05, 0) is 57.3 Å². The van der Waals surface area contributed by atoms with Crippen molar-refractivity contribution in [3.63, 3.8) is 0 Å². The Morgan fingerprint density at radius 2 is 1.82 bits per heavy atom. The smallest absolute Gasteiger partial charge is 0.320 e. The van der Waals surface area contributed by atoms with E-state index < -0.39 is 34.6 Å². The van der Waals surface area contributed by atoms with Crippen molar-refractivity contribution >= 4 is 33.3 Å². The molecule has 1 heterocycles. The van der Waals surface area contributed by atoms with Crippen LogP contribution in [0.3, 0.4) is 0 Å². The molecule has 1 aliphatic carbocycles. The highest BCUT2D eigenvalue weighted by molar-refractivity contribution is 6.36. The Kier molecular flexibility index (Phi) is 7.43. The van der Waals surface area contributed by atoms with Gasteiger partial charge in [-0.15, -0.1) is 0 Å². The first-order valence-electron chi connectivity index (χ1n) is 12.7. The summed E-state index contributed by atoms with van der Waals surface area (Å²) in [6, 6.07) is 8.95. The second-order valence-corrected chi connectivity index (χ2v) is 10.9. The van der Waals surface area contributed by atoms with Crippen molar-refractivity contribution in [1.29, 1.82) is 0 Å². The quantitative estimate of drug-likeness (QED) is 0.114. The molecule has 4 aromatic rings. The fraction of sp³-hybridized carbons (Fsp3) is 0.379. The van der Waals surface area contributed by atoms with Gasteiger partial charge in [-0.2, -0.15) is 9.97 Å². The first kappa shape index (κ1) is 28.2. The summed E-state index contributed by atoms with van der Waals surface area (Å²) in [6.07, 6.45) is -0.314. The predicted molar refractivity (Wildman–Crippen MR) is 143 cm³/mol. The molecule has 0 radical (unpaired) electrons. The molecule has 1 aromatic heterocycles. The molecule has 1 saturated carbocycles. The second kappa shape index (κ2) is 10.6. The summed E-state index contributed by atoms with van der Waals surface area (Å²) in [5, 5.41) is 1.22. The standard InChI is InChI=1S/C29H27ClF4N2O4/c1-5-37-14-39-17-9-15-7-6-8-20(30)22(15)18(10-17)23-21(31)11-19-25(24(23)32)35-27(36-26(19)40-28(2,3)4)38-13-16-12-29(16,33)34/h6-11,16H,5,12-14H2,1-4H3/t16-/m0/s1. The molecule has 6 nitrogen and oxygen atoms in total. The number of fused-ring (bicyclic) bond motifs is 2. The van der Waals surface area contributed by atoms with Crippen molar-refractivity contribution in [2.24, 2.45) is 5.92 Å². The largest absolute Gasteiger partial charge is 0.471 e. The van der Waals surface area contributed by atoms with Crippen LogP contribution >= 0.6 is 11.6 Å². The van der Waals surface area contributed by atoms with E-state index in [-0.39, 0.29) is 53.2 Å². The molecular weight excluding hydrogens is 552 g/mol. The summed E-state index contributed by atoms with van der Waals surface area (Å²) in [5.74, 6) is -5.58. The minimum absolute atomic E-state index is 0.0445. The van der Waals surface area contributed by atoms with Crippen LogP contribution in [0, 0.1) is 17.6 Å². The zero-order valence-electron chi connectivity index (χ0n) is 22.3. The van der Waals surface area contributed by atoms with Gasteiger partial charge >= 0.3 is 6.01 Å². The van der Waals surface area contributed by atoms with E-state index >= 15 is 8.78 Å². The monoisotopic (exact) mass is 578 g/mol. The van der Waals surface area contributed by atoms with Crippen LogP contribution in [-0.2, 0) is 4.74 Å². The van der Waals surface area contributed by atoms with Gasteiger partial charge in [0.15, 0.2) is 12.6 Å². The molecule has 0 bridgehead atoms. The third-order valence-corrected chi connectivity index (χ3v) is 6.60. The van der Waals surface area contributed by atoms with Crippen LogP contribution in [0.1, 0.15) is 34.1 Å². The van der Waals surface area contributed by atoms with Crippen molar-refractivity contribution in [1.82, 2.24) is 9.97 Å². The molecule has 0 N–H and O–H groups in total. The lowest BCUT2D eigenvalue weighted by Gasteiger charge is -2.22. The lowest BCUT2D eigenvalue weighted by Crippen LogP contribution is -2.24. The molecule has 5 rings (SSSR count). The summed E-state index contributed by atoms with van der Waals surface area (Å²) in [5.41, 5.74) is -1.39. The van der Waals surface area contributed by atoms with Crippen LogP contribution in [0.15, 0.2) is 36.4 Å². The number of ether oxygens (including phenoxy) is 4. The van der Waals surface area contributed by atoms with Gasteiger partial charge in [0, 0.05) is 29.0 Å². The predicted octanol–water partition coefficient (Wildman–Crippen LogP) is 7.97. The number of benzene rings is 3. The highest BCUT2D eigenvalue weighted by atomic mass is 35.5. The highest BCUT2D eigenvalue weighted by Gasteiger charge is 2.57. The van der Waals surface area contributed by atoms with E-state index in [4.69, 9.17) is 30.5 Å². The van der Waals surface area contributed by atoms with Crippen LogP contribution < -0.4 is 14.2 Å². The van der Waals surface area contributed by atoms with Gasteiger partial charge in [0.2, 0.25) is 5.88 Å². The average molecular weight is 579 g/mol. The number of halogens is 5. The highest BCUT2D eigenvalue weighted by Crippen LogP contribution is 2.48. The van der Waals surface area contributed by atoms with Gasteiger partial charge in [0.1, 0.15) is 29.3 Å². The van der Waals surface area contributed by atoms with Crippen LogP contribution in [0.2, 0.25) is 5.02 Å². The molecule has 1 fully saturated rings. The van der Waals surface area contributed by atoms with Crippen molar-refractivity contribution in [3.05, 3.63) is 53.1 Å². The van der Waals surface area contributed by atoms with Gasteiger partial charge in [-0.1, -0.05) is 23.7 Å². The van der Waals surface area contributed by atoms with Crippen molar-refractivity contribution < 1.29 is 36.5 Å². The SMILES string of the molecule is CCOCOc1cc(-c2c(F)cc3c(OC(C)(C)C)nc(OC[C@@H]4CC4(F)F)nc3c2F)c2c(Cl)cccc2c1. The first-order valence-corrected chi connectivity index (χ1v) is 13.1. The van der Waals surface area contributed by atoms with Crippen molar-refractivity contribution in [2.45, 2.75) is 45.6 Å². The van der Waals surface area contributed by atoms with E-state index in [0.29, 0.717) is 23.1 Å². The van der Waals surface area contributed by atoms with E-state index in [1.54, 1.807) is 45.0 Å². The van der Waals surface area contributed by atoms with Crippen molar-refractivity contribution in [3.8, 4) is 28.8 Å². The van der Waals surface area contributed by atoms with E-state index in [1.165, 1.54) is 6.07 Å². The molecule has 1 atom stereocenters. The van der Waals surface area contributed by atoms with E-state index in [0.717, 1.165) is 6.07 Å². The summed E-state index contributed by atoms with van der Waals surface area (Å²) >= 11 is 6.50.